The fraction of sp³-hybridized carbons (Fsp3) is 1.00. The Morgan fingerprint density at radius 2 is 1.26 bits per heavy atom. The average Bonchev–Trinajstić information content (AvgIpc) is 2.58. The lowest BCUT2D eigenvalue weighted by Crippen LogP contribution is -2.42. The molecule has 0 aromatic carbocycles. The molecule has 2 fully saturated rings. The molecule has 0 radical (unpaired) electrons. The lowest BCUT2D eigenvalue weighted by atomic mass is 9.91. The van der Waals surface area contributed by atoms with Crippen LogP contribution in [-0.4, -0.2) is 23.8 Å². The zero-order valence-corrected chi connectivity index (χ0v) is 13.2. The van der Waals surface area contributed by atoms with Crippen molar-refractivity contribution in [2.45, 2.75) is 109 Å². The third kappa shape index (κ3) is 5.83. The minimum Gasteiger partial charge on any atom is -0.373 e. The summed E-state index contributed by atoms with van der Waals surface area (Å²) in [6.45, 7) is 6.51. The van der Waals surface area contributed by atoms with Crippen LogP contribution in [-0.2, 0) is 4.74 Å². The third-order valence-electron chi connectivity index (χ3n) is 4.52. The molecule has 1 N–H and O–H groups in total. The lowest BCUT2D eigenvalue weighted by Gasteiger charge is -2.35. The lowest BCUT2D eigenvalue weighted by molar-refractivity contribution is -0.0763. The van der Waals surface area contributed by atoms with Gasteiger partial charge in [-0.1, -0.05) is 25.7 Å². The summed E-state index contributed by atoms with van der Waals surface area (Å²) in [6, 6.07) is 1.55. The van der Waals surface area contributed by atoms with Gasteiger partial charge in [-0.2, -0.15) is 0 Å². The Hall–Kier alpha value is -0.0800. The maximum absolute atomic E-state index is 6.11. The SMILES string of the molecule is CC(C)(C)O[C@H]1CC[C@H](NC2CCCCCC2)CC1. The molecule has 0 unspecified atom stereocenters. The molecule has 0 atom stereocenters. The number of nitrogens with one attached hydrogen (secondary N) is 1. The predicted octanol–water partition coefficient (Wildman–Crippen LogP) is 4.43. The molecule has 0 aliphatic heterocycles. The summed E-state index contributed by atoms with van der Waals surface area (Å²) in [4.78, 5) is 0. The molecule has 19 heavy (non-hydrogen) atoms. The molecular weight excluding hydrogens is 234 g/mol. The summed E-state index contributed by atoms with van der Waals surface area (Å²) in [7, 11) is 0. The van der Waals surface area contributed by atoms with E-state index in [0.717, 1.165) is 12.1 Å². The summed E-state index contributed by atoms with van der Waals surface area (Å²) in [6.07, 6.45) is 14.1. The molecule has 0 spiro atoms. The molecule has 2 saturated carbocycles. The molecule has 2 aliphatic carbocycles. The topological polar surface area (TPSA) is 21.3 Å². The van der Waals surface area contributed by atoms with Crippen LogP contribution in [0.3, 0.4) is 0 Å². The average molecular weight is 267 g/mol. The minimum atomic E-state index is 0.0201. The molecule has 0 bridgehead atoms. The zero-order valence-electron chi connectivity index (χ0n) is 13.2. The fourth-order valence-corrected chi connectivity index (χ4v) is 3.63. The Kier molecular flexibility index (Phi) is 5.70. The molecule has 0 aromatic rings. The van der Waals surface area contributed by atoms with E-state index in [2.05, 4.69) is 26.1 Å². The van der Waals surface area contributed by atoms with Crippen molar-refractivity contribution in [1.29, 1.82) is 0 Å². The molecule has 0 heterocycles. The van der Waals surface area contributed by atoms with Crippen molar-refractivity contribution in [1.82, 2.24) is 5.32 Å². The van der Waals surface area contributed by atoms with Crippen LogP contribution in [0.4, 0.5) is 0 Å². The van der Waals surface area contributed by atoms with E-state index < -0.39 is 0 Å². The first-order chi connectivity index (χ1) is 9.03. The number of rotatable bonds is 3. The van der Waals surface area contributed by atoms with E-state index in [1.54, 1.807) is 0 Å². The maximum atomic E-state index is 6.11. The van der Waals surface area contributed by atoms with E-state index in [1.807, 2.05) is 0 Å². The van der Waals surface area contributed by atoms with Gasteiger partial charge in [0.25, 0.3) is 0 Å². The van der Waals surface area contributed by atoms with Crippen LogP contribution in [0.1, 0.15) is 85.0 Å². The van der Waals surface area contributed by atoms with Crippen molar-refractivity contribution in [3.63, 3.8) is 0 Å². The van der Waals surface area contributed by atoms with Crippen molar-refractivity contribution in [3.8, 4) is 0 Å². The quantitative estimate of drug-likeness (QED) is 0.764. The van der Waals surface area contributed by atoms with E-state index >= 15 is 0 Å². The zero-order chi connectivity index (χ0) is 13.7. The van der Waals surface area contributed by atoms with Gasteiger partial charge in [0.1, 0.15) is 0 Å². The first-order valence-electron chi connectivity index (χ1n) is 8.47. The van der Waals surface area contributed by atoms with Gasteiger partial charge in [0.15, 0.2) is 0 Å². The van der Waals surface area contributed by atoms with Crippen LogP contribution < -0.4 is 5.32 Å². The van der Waals surface area contributed by atoms with Crippen molar-refractivity contribution < 1.29 is 4.74 Å². The van der Waals surface area contributed by atoms with E-state index in [4.69, 9.17) is 4.74 Å². The van der Waals surface area contributed by atoms with E-state index in [1.165, 1.54) is 64.2 Å². The molecule has 2 heteroatoms. The van der Waals surface area contributed by atoms with Crippen LogP contribution in [0.25, 0.3) is 0 Å². The normalized spacial score (nSPS) is 31.1. The Bertz CT molecular complexity index is 242. The molecular formula is C17H33NO. The van der Waals surface area contributed by atoms with E-state index in [-0.39, 0.29) is 5.60 Å². The first kappa shape index (κ1) is 15.3. The van der Waals surface area contributed by atoms with Crippen molar-refractivity contribution in [2.75, 3.05) is 0 Å². The van der Waals surface area contributed by atoms with Crippen LogP contribution in [0.2, 0.25) is 0 Å². The van der Waals surface area contributed by atoms with Crippen molar-refractivity contribution >= 4 is 0 Å². The van der Waals surface area contributed by atoms with Gasteiger partial charge in [-0.3, -0.25) is 0 Å². The van der Waals surface area contributed by atoms with Crippen LogP contribution in [0.15, 0.2) is 0 Å². The summed E-state index contributed by atoms with van der Waals surface area (Å²) in [5, 5.41) is 3.93. The highest BCUT2D eigenvalue weighted by Crippen LogP contribution is 2.26. The molecule has 2 aliphatic rings. The summed E-state index contributed by atoms with van der Waals surface area (Å²) in [5.74, 6) is 0. The molecule has 0 amide bonds. The van der Waals surface area contributed by atoms with Gasteiger partial charge < -0.3 is 10.1 Å². The molecule has 2 nitrogen and oxygen atoms in total. The second-order valence-electron chi connectivity index (χ2n) is 7.56. The van der Waals surface area contributed by atoms with Gasteiger partial charge in [-0.15, -0.1) is 0 Å². The van der Waals surface area contributed by atoms with Gasteiger partial charge in [0.05, 0.1) is 11.7 Å². The molecule has 112 valence electrons. The van der Waals surface area contributed by atoms with Crippen LogP contribution in [0.5, 0.6) is 0 Å². The standard InChI is InChI=1S/C17H33NO/c1-17(2,3)19-16-12-10-15(11-13-16)18-14-8-6-4-5-7-9-14/h14-16,18H,4-13H2,1-3H3/t15-,16-. The highest BCUT2D eigenvalue weighted by atomic mass is 16.5. The number of hydrogen-bond donors (Lipinski definition) is 1. The fourth-order valence-electron chi connectivity index (χ4n) is 3.63. The first-order valence-corrected chi connectivity index (χ1v) is 8.47. The monoisotopic (exact) mass is 267 g/mol. The summed E-state index contributed by atoms with van der Waals surface area (Å²) < 4.78 is 6.11. The second kappa shape index (κ2) is 7.08. The third-order valence-corrected chi connectivity index (χ3v) is 4.52. The molecule has 2 rings (SSSR count). The Labute approximate surface area is 119 Å². The van der Waals surface area contributed by atoms with Gasteiger partial charge >= 0.3 is 0 Å². The highest BCUT2D eigenvalue weighted by Gasteiger charge is 2.26. The Balaban J connectivity index is 1.68. The van der Waals surface area contributed by atoms with Crippen molar-refractivity contribution in [3.05, 3.63) is 0 Å². The van der Waals surface area contributed by atoms with E-state index in [9.17, 15) is 0 Å². The second-order valence-corrected chi connectivity index (χ2v) is 7.56. The smallest absolute Gasteiger partial charge is 0.0602 e. The Morgan fingerprint density at radius 3 is 1.79 bits per heavy atom. The van der Waals surface area contributed by atoms with Crippen molar-refractivity contribution in [2.24, 2.45) is 0 Å². The minimum absolute atomic E-state index is 0.0201. The Morgan fingerprint density at radius 1 is 0.737 bits per heavy atom. The molecule has 0 aromatic heterocycles. The number of hydrogen-bond acceptors (Lipinski definition) is 2. The summed E-state index contributed by atoms with van der Waals surface area (Å²) >= 11 is 0. The van der Waals surface area contributed by atoms with Gasteiger partial charge in [-0.25, -0.2) is 0 Å². The largest absolute Gasteiger partial charge is 0.373 e. The van der Waals surface area contributed by atoms with Crippen LogP contribution in [0, 0.1) is 0 Å². The van der Waals surface area contributed by atoms with Gasteiger partial charge in [0.2, 0.25) is 0 Å². The maximum Gasteiger partial charge on any atom is 0.0602 e. The highest BCUT2D eigenvalue weighted by molar-refractivity contribution is 4.82. The van der Waals surface area contributed by atoms with Gasteiger partial charge in [0, 0.05) is 12.1 Å². The predicted molar refractivity (Wildman–Crippen MR) is 81.5 cm³/mol. The van der Waals surface area contributed by atoms with E-state index in [0.29, 0.717) is 6.10 Å². The number of ether oxygens (including phenoxy) is 1. The summed E-state index contributed by atoms with van der Waals surface area (Å²) in [5.41, 5.74) is 0.0201. The van der Waals surface area contributed by atoms with Crippen LogP contribution >= 0.6 is 0 Å². The van der Waals surface area contributed by atoms with Gasteiger partial charge in [-0.05, 0) is 59.3 Å². The molecule has 0 saturated heterocycles.